The maximum absolute atomic E-state index is 10.2. The highest BCUT2D eigenvalue weighted by atomic mass is 32.1. The van der Waals surface area contributed by atoms with Crippen LogP contribution in [-0.4, -0.2) is 5.11 Å². The van der Waals surface area contributed by atoms with E-state index in [2.05, 4.69) is 46.8 Å². The Morgan fingerprint density at radius 1 is 1.31 bits per heavy atom. The molecule has 92 valence electrons. The molecule has 1 aromatic heterocycles. The van der Waals surface area contributed by atoms with E-state index in [1.165, 1.54) is 4.88 Å². The summed E-state index contributed by atoms with van der Waals surface area (Å²) in [6, 6.07) is 4.20. The first-order valence-electron chi connectivity index (χ1n) is 6.11. The topological polar surface area (TPSA) is 20.2 Å². The predicted octanol–water partition coefficient (Wildman–Crippen LogP) is 4.42. The largest absolute Gasteiger partial charge is 0.388 e. The van der Waals surface area contributed by atoms with Crippen molar-refractivity contribution in [3.63, 3.8) is 0 Å². The van der Waals surface area contributed by atoms with Crippen molar-refractivity contribution in [3.05, 3.63) is 21.9 Å². The van der Waals surface area contributed by atoms with E-state index in [1.54, 1.807) is 11.3 Å². The molecule has 1 N–H and O–H groups in total. The van der Waals surface area contributed by atoms with Crippen LogP contribution in [-0.2, 0) is 6.42 Å². The van der Waals surface area contributed by atoms with Crippen molar-refractivity contribution in [2.24, 2.45) is 11.3 Å². The number of aliphatic hydroxyl groups is 1. The lowest BCUT2D eigenvalue weighted by atomic mass is 9.79. The van der Waals surface area contributed by atoms with E-state index in [0.717, 1.165) is 17.7 Å². The maximum atomic E-state index is 10.2. The van der Waals surface area contributed by atoms with Crippen molar-refractivity contribution in [1.29, 1.82) is 0 Å². The summed E-state index contributed by atoms with van der Waals surface area (Å²) in [6.45, 7) is 11.1. The lowest BCUT2D eigenvalue weighted by molar-refractivity contribution is 0.113. The first-order chi connectivity index (χ1) is 7.34. The fourth-order valence-electron chi connectivity index (χ4n) is 1.57. The Bertz CT molecular complexity index is 322. The van der Waals surface area contributed by atoms with Gasteiger partial charge in [0.2, 0.25) is 0 Å². The maximum Gasteiger partial charge on any atom is 0.0884 e. The van der Waals surface area contributed by atoms with Crippen LogP contribution < -0.4 is 0 Å². The van der Waals surface area contributed by atoms with Crippen molar-refractivity contribution in [3.8, 4) is 0 Å². The molecule has 2 heteroatoms. The van der Waals surface area contributed by atoms with Crippen LogP contribution in [0.4, 0.5) is 0 Å². The molecule has 2 unspecified atom stereocenters. The van der Waals surface area contributed by atoms with Gasteiger partial charge in [-0.05, 0) is 36.3 Å². The van der Waals surface area contributed by atoms with Gasteiger partial charge in [-0.3, -0.25) is 0 Å². The van der Waals surface area contributed by atoms with E-state index in [9.17, 15) is 5.11 Å². The molecule has 0 aliphatic heterocycles. The van der Waals surface area contributed by atoms with Crippen LogP contribution in [0.15, 0.2) is 12.1 Å². The van der Waals surface area contributed by atoms with Crippen molar-refractivity contribution < 1.29 is 5.11 Å². The highest BCUT2D eigenvalue weighted by Crippen LogP contribution is 2.35. The van der Waals surface area contributed by atoms with Gasteiger partial charge in [-0.1, -0.05) is 34.6 Å². The van der Waals surface area contributed by atoms with Gasteiger partial charge in [0.25, 0.3) is 0 Å². The molecule has 1 rings (SSSR count). The lowest BCUT2D eigenvalue weighted by Crippen LogP contribution is -2.19. The Kier molecular flexibility index (Phi) is 4.57. The molecule has 1 nitrogen and oxygen atoms in total. The summed E-state index contributed by atoms with van der Waals surface area (Å²) < 4.78 is 0. The van der Waals surface area contributed by atoms with Gasteiger partial charge in [0.15, 0.2) is 0 Å². The molecule has 0 fully saturated rings. The number of thiophene rings is 1. The van der Waals surface area contributed by atoms with Gasteiger partial charge < -0.3 is 5.11 Å². The van der Waals surface area contributed by atoms with Crippen LogP contribution in [0.25, 0.3) is 0 Å². The Labute approximate surface area is 104 Å². The average molecular weight is 240 g/mol. The Morgan fingerprint density at radius 3 is 2.38 bits per heavy atom. The Morgan fingerprint density at radius 2 is 1.94 bits per heavy atom. The summed E-state index contributed by atoms with van der Waals surface area (Å²) in [6.07, 6.45) is 1.62. The third kappa shape index (κ3) is 3.60. The van der Waals surface area contributed by atoms with Gasteiger partial charge in [0.1, 0.15) is 0 Å². The summed E-state index contributed by atoms with van der Waals surface area (Å²) >= 11 is 1.74. The highest BCUT2D eigenvalue weighted by Gasteiger charge is 2.23. The highest BCUT2D eigenvalue weighted by molar-refractivity contribution is 7.12. The van der Waals surface area contributed by atoms with Gasteiger partial charge in [-0.15, -0.1) is 11.3 Å². The molecule has 0 saturated heterocycles. The summed E-state index contributed by atoms with van der Waals surface area (Å²) in [7, 11) is 0. The van der Waals surface area contributed by atoms with Crippen LogP contribution in [0.5, 0.6) is 0 Å². The Hall–Kier alpha value is -0.340. The molecule has 16 heavy (non-hydrogen) atoms. The minimum atomic E-state index is -0.292. The van der Waals surface area contributed by atoms with Crippen LogP contribution in [0.3, 0.4) is 0 Å². The smallest absolute Gasteiger partial charge is 0.0884 e. The van der Waals surface area contributed by atoms with Crippen molar-refractivity contribution in [2.45, 2.75) is 53.6 Å². The van der Waals surface area contributed by atoms with Gasteiger partial charge >= 0.3 is 0 Å². The van der Waals surface area contributed by atoms with Crippen LogP contribution in [0.1, 0.15) is 56.9 Å². The normalized spacial score (nSPS) is 16.1. The monoisotopic (exact) mass is 240 g/mol. The third-order valence-corrected chi connectivity index (χ3v) is 4.75. The zero-order valence-electron chi connectivity index (χ0n) is 11.1. The standard InChI is InChI=1S/C14H24OS/c1-6-11-7-8-13(16-11)12(15)9-10(2)14(3,4)5/h7-8,10,12,15H,6,9H2,1-5H3. The van der Waals surface area contributed by atoms with Gasteiger partial charge in [0.05, 0.1) is 6.10 Å². The lowest BCUT2D eigenvalue weighted by Gasteiger charge is -2.28. The number of hydrogen-bond donors (Lipinski definition) is 1. The minimum Gasteiger partial charge on any atom is -0.388 e. The van der Waals surface area contributed by atoms with E-state index < -0.39 is 0 Å². The van der Waals surface area contributed by atoms with Gasteiger partial charge in [-0.2, -0.15) is 0 Å². The van der Waals surface area contributed by atoms with Crippen molar-refractivity contribution in [2.75, 3.05) is 0 Å². The second-order valence-electron chi connectivity index (χ2n) is 5.68. The summed E-state index contributed by atoms with van der Waals surface area (Å²) in [4.78, 5) is 2.48. The molecule has 1 heterocycles. The summed E-state index contributed by atoms with van der Waals surface area (Å²) in [5, 5.41) is 10.2. The first kappa shape index (κ1) is 13.7. The molecule has 0 saturated carbocycles. The molecule has 0 radical (unpaired) electrons. The number of hydrogen-bond acceptors (Lipinski definition) is 2. The SMILES string of the molecule is CCc1ccc(C(O)CC(C)C(C)(C)C)s1. The number of aryl methyl sites for hydroxylation is 1. The van der Waals surface area contributed by atoms with E-state index >= 15 is 0 Å². The second-order valence-corrected chi connectivity index (χ2v) is 6.88. The molecule has 0 aliphatic carbocycles. The van der Waals surface area contributed by atoms with Crippen molar-refractivity contribution in [1.82, 2.24) is 0 Å². The second kappa shape index (κ2) is 5.33. The molecule has 0 amide bonds. The van der Waals surface area contributed by atoms with Crippen molar-refractivity contribution >= 4 is 11.3 Å². The fourth-order valence-corrected chi connectivity index (χ4v) is 2.52. The van der Waals surface area contributed by atoms with Gasteiger partial charge in [-0.25, -0.2) is 0 Å². The molecule has 2 atom stereocenters. The number of aliphatic hydroxyl groups excluding tert-OH is 1. The summed E-state index contributed by atoms with van der Waals surface area (Å²) in [5.41, 5.74) is 0.270. The predicted molar refractivity (Wildman–Crippen MR) is 71.9 cm³/mol. The molecule has 0 bridgehead atoms. The van der Waals surface area contributed by atoms with Gasteiger partial charge in [0, 0.05) is 9.75 Å². The zero-order chi connectivity index (χ0) is 12.3. The number of rotatable bonds is 4. The van der Waals surface area contributed by atoms with Crippen LogP contribution >= 0.6 is 11.3 Å². The molecular weight excluding hydrogens is 216 g/mol. The molecule has 1 aromatic rings. The van der Waals surface area contributed by atoms with E-state index in [1.807, 2.05) is 0 Å². The quantitative estimate of drug-likeness (QED) is 0.826. The summed E-state index contributed by atoms with van der Waals surface area (Å²) in [5.74, 6) is 0.523. The average Bonchev–Trinajstić information content (AvgIpc) is 2.64. The van der Waals surface area contributed by atoms with Crippen LogP contribution in [0.2, 0.25) is 0 Å². The zero-order valence-corrected chi connectivity index (χ0v) is 11.9. The fraction of sp³-hybridized carbons (Fsp3) is 0.714. The van der Waals surface area contributed by atoms with E-state index in [-0.39, 0.29) is 11.5 Å². The van der Waals surface area contributed by atoms with Crippen LogP contribution in [0, 0.1) is 11.3 Å². The van der Waals surface area contributed by atoms with E-state index in [4.69, 9.17) is 0 Å². The minimum absolute atomic E-state index is 0.270. The first-order valence-corrected chi connectivity index (χ1v) is 6.93. The molecular formula is C14H24OS. The molecule has 0 aliphatic rings. The van der Waals surface area contributed by atoms with E-state index in [0.29, 0.717) is 5.92 Å². The third-order valence-electron chi connectivity index (χ3n) is 3.41. The molecule has 0 spiro atoms. The molecule has 0 aromatic carbocycles. The Balaban J connectivity index is 2.61.